The van der Waals surface area contributed by atoms with Gasteiger partial charge in [0, 0.05) is 33.4 Å². The highest BCUT2D eigenvalue weighted by Gasteiger charge is 2.26. The number of carbonyl (C=O) groups is 4. The predicted octanol–water partition coefficient (Wildman–Crippen LogP) is 7.12. The van der Waals surface area contributed by atoms with E-state index in [1.54, 1.807) is 80.0 Å². The molecular weight excluding hydrogens is 633 g/mol. The molecule has 4 aromatic rings. The van der Waals surface area contributed by atoms with Gasteiger partial charge in [0.05, 0.1) is 17.9 Å². The van der Waals surface area contributed by atoms with Crippen molar-refractivity contribution in [3.8, 4) is 0 Å². The lowest BCUT2D eigenvalue weighted by Gasteiger charge is -2.12. The van der Waals surface area contributed by atoms with Crippen LogP contribution in [0.1, 0.15) is 69.3 Å². The molecule has 2 heterocycles. The maximum absolute atomic E-state index is 13.4. The Hall–Kier alpha value is -4.74. The first-order valence-corrected chi connectivity index (χ1v) is 17.4. The van der Waals surface area contributed by atoms with Crippen LogP contribution >= 0.6 is 23.1 Å². The topological polar surface area (TPSA) is 126 Å². The monoisotopic (exact) mass is 668 g/mol. The van der Waals surface area contributed by atoms with Gasteiger partial charge in [-0.3, -0.25) is 19.4 Å². The summed E-state index contributed by atoms with van der Waals surface area (Å²) in [6, 6.07) is 19.3. The molecule has 0 unspecified atom stereocenters. The average molecular weight is 669 g/mol. The number of rotatable bonds is 11. The highest BCUT2D eigenvalue weighted by atomic mass is 32.2. The fraction of sp³-hybridized carbons (Fsp3) is 0.250. The number of nitrogens with zero attached hydrogens (tertiary/aromatic N) is 1. The molecule has 0 atom stereocenters. The van der Waals surface area contributed by atoms with E-state index >= 15 is 0 Å². The van der Waals surface area contributed by atoms with Gasteiger partial charge in [-0.1, -0.05) is 43.2 Å². The Morgan fingerprint density at radius 3 is 2.51 bits per heavy atom. The molecule has 9 nitrogen and oxygen atoms in total. The minimum atomic E-state index is -0.516. The molecule has 11 heteroatoms. The lowest BCUT2D eigenvalue weighted by Crippen LogP contribution is -2.30. The molecule has 242 valence electrons. The first-order valence-electron chi connectivity index (χ1n) is 15.5. The Balaban J connectivity index is 1.26. The van der Waals surface area contributed by atoms with Gasteiger partial charge in [-0.2, -0.15) is 0 Å². The third-order valence-corrected chi connectivity index (χ3v) is 9.59. The van der Waals surface area contributed by atoms with Gasteiger partial charge >= 0.3 is 5.97 Å². The number of thioether (sulfide) groups is 1. The molecule has 47 heavy (non-hydrogen) atoms. The summed E-state index contributed by atoms with van der Waals surface area (Å²) in [4.78, 5) is 58.3. The fourth-order valence-corrected chi connectivity index (χ4v) is 7.22. The van der Waals surface area contributed by atoms with Crippen LogP contribution in [0.3, 0.4) is 0 Å². The highest BCUT2D eigenvalue weighted by Crippen LogP contribution is 2.38. The van der Waals surface area contributed by atoms with Crippen LogP contribution in [0, 0.1) is 0 Å². The Labute approximate surface area is 282 Å². The van der Waals surface area contributed by atoms with Crippen LogP contribution in [0.2, 0.25) is 0 Å². The van der Waals surface area contributed by atoms with Crippen LogP contribution in [0.4, 0.5) is 10.7 Å². The molecule has 3 amide bonds. The standard InChI is InChI=1S/C36H36N4O5S2/c1-2-45-36(44)32-28-17-8-3-4-9-18-30(28)47-35(32)40-31(41)23-46-27-16-10-15-26(21-27)38-34(43)29(20-24-12-11-19-37-22-24)39-33(42)25-13-6-5-7-14-25/h5-7,10-16,19-22H,2-4,8-9,17-18,23H2,1H3,(H,38,43)(H,39,42)(H,40,41)/b29-20-. The second kappa shape index (κ2) is 16.7. The third-order valence-electron chi connectivity index (χ3n) is 7.39. The minimum Gasteiger partial charge on any atom is -0.462 e. The molecule has 3 N–H and O–H groups in total. The molecule has 2 aromatic heterocycles. The van der Waals surface area contributed by atoms with E-state index in [4.69, 9.17) is 4.74 Å². The van der Waals surface area contributed by atoms with E-state index < -0.39 is 17.8 Å². The second-order valence-electron chi connectivity index (χ2n) is 10.8. The SMILES string of the molecule is CCOC(=O)c1c(NC(=O)CSc2cccc(NC(=O)/C(=C/c3cccnc3)NC(=O)c3ccccc3)c2)sc2c1CCCCCC2. The molecular formula is C36H36N4O5S2. The molecule has 0 saturated carbocycles. The third kappa shape index (κ3) is 9.40. The normalized spacial score (nSPS) is 13.0. The summed E-state index contributed by atoms with van der Waals surface area (Å²) in [6.45, 7) is 2.04. The van der Waals surface area contributed by atoms with Crippen LogP contribution in [0.25, 0.3) is 6.08 Å². The zero-order valence-electron chi connectivity index (χ0n) is 26.0. The number of pyridine rings is 1. The van der Waals surface area contributed by atoms with Gasteiger partial charge in [0.2, 0.25) is 5.91 Å². The van der Waals surface area contributed by atoms with Gasteiger partial charge in [-0.25, -0.2) is 4.79 Å². The van der Waals surface area contributed by atoms with Gasteiger partial charge in [-0.15, -0.1) is 23.1 Å². The molecule has 0 aliphatic heterocycles. The van der Waals surface area contributed by atoms with Gasteiger partial charge in [0.15, 0.2) is 0 Å². The van der Waals surface area contributed by atoms with E-state index in [1.165, 1.54) is 23.1 Å². The summed E-state index contributed by atoms with van der Waals surface area (Å²) in [5.41, 5.74) is 3.10. The van der Waals surface area contributed by atoms with Crippen molar-refractivity contribution in [3.05, 3.63) is 112 Å². The molecule has 5 rings (SSSR count). The Kier molecular flexibility index (Phi) is 12.0. The van der Waals surface area contributed by atoms with Crippen molar-refractivity contribution < 1.29 is 23.9 Å². The average Bonchev–Trinajstić information content (AvgIpc) is 3.39. The van der Waals surface area contributed by atoms with E-state index in [-0.39, 0.29) is 24.0 Å². The number of fused-ring (bicyclic) bond motifs is 1. The molecule has 2 aromatic carbocycles. The zero-order valence-corrected chi connectivity index (χ0v) is 27.7. The van der Waals surface area contributed by atoms with Gasteiger partial charge in [0.1, 0.15) is 10.7 Å². The fourth-order valence-electron chi connectivity index (χ4n) is 5.17. The maximum Gasteiger partial charge on any atom is 0.341 e. The lowest BCUT2D eigenvalue weighted by atomic mass is 9.96. The largest absolute Gasteiger partial charge is 0.462 e. The molecule has 0 bridgehead atoms. The van der Waals surface area contributed by atoms with Gasteiger partial charge in [-0.05, 0) is 86.2 Å². The number of anilines is 2. The molecule has 1 aliphatic rings. The van der Waals surface area contributed by atoms with E-state index in [2.05, 4.69) is 20.9 Å². The van der Waals surface area contributed by atoms with Crippen LogP contribution < -0.4 is 16.0 Å². The van der Waals surface area contributed by atoms with E-state index in [1.807, 2.05) is 12.1 Å². The summed E-state index contributed by atoms with van der Waals surface area (Å²) in [6.07, 6.45) is 10.8. The quantitative estimate of drug-likeness (QED) is 0.0883. The number of nitrogens with one attached hydrogen (secondary N) is 3. The van der Waals surface area contributed by atoms with Gasteiger partial charge in [0.25, 0.3) is 11.8 Å². The summed E-state index contributed by atoms with van der Waals surface area (Å²) >= 11 is 2.78. The van der Waals surface area contributed by atoms with Crippen molar-refractivity contribution in [2.75, 3.05) is 23.0 Å². The minimum absolute atomic E-state index is 0.0479. The van der Waals surface area contributed by atoms with Crippen molar-refractivity contribution in [1.29, 1.82) is 0 Å². The van der Waals surface area contributed by atoms with Crippen LogP contribution in [0.5, 0.6) is 0 Å². The maximum atomic E-state index is 13.4. The molecule has 0 spiro atoms. The smallest absolute Gasteiger partial charge is 0.341 e. The van der Waals surface area contributed by atoms with E-state index in [0.717, 1.165) is 53.9 Å². The number of thiophene rings is 1. The van der Waals surface area contributed by atoms with Crippen LogP contribution in [0.15, 0.2) is 89.7 Å². The number of carbonyl (C=O) groups excluding carboxylic acids is 4. The summed E-state index contributed by atoms with van der Waals surface area (Å²) in [5, 5.41) is 9.09. The van der Waals surface area contributed by atoms with Crippen molar-refractivity contribution in [2.45, 2.75) is 50.3 Å². The number of ether oxygens (including phenoxy) is 1. The zero-order chi connectivity index (χ0) is 33.0. The number of aromatic nitrogens is 1. The molecule has 0 saturated heterocycles. The summed E-state index contributed by atoms with van der Waals surface area (Å²) in [5.74, 6) is -1.47. The first kappa shape index (κ1) is 33.6. The van der Waals surface area contributed by atoms with Crippen molar-refractivity contribution in [3.63, 3.8) is 0 Å². The van der Waals surface area contributed by atoms with Crippen molar-refractivity contribution in [2.24, 2.45) is 0 Å². The number of hydrogen-bond acceptors (Lipinski definition) is 8. The van der Waals surface area contributed by atoms with Gasteiger partial charge < -0.3 is 20.7 Å². The van der Waals surface area contributed by atoms with Crippen LogP contribution in [-0.4, -0.2) is 41.0 Å². The lowest BCUT2D eigenvalue weighted by molar-refractivity contribution is -0.114. The summed E-state index contributed by atoms with van der Waals surface area (Å²) in [7, 11) is 0. The number of amides is 3. The second-order valence-corrected chi connectivity index (χ2v) is 13.0. The highest BCUT2D eigenvalue weighted by molar-refractivity contribution is 8.00. The van der Waals surface area contributed by atoms with E-state index in [0.29, 0.717) is 27.4 Å². The molecule has 0 fully saturated rings. The molecule has 0 radical (unpaired) electrons. The van der Waals surface area contributed by atoms with E-state index in [9.17, 15) is 19.2 Å². The number of esters is 1. The Morgan fingerprint density at radius 2 is 1.74 bits per heavy atom. The first-order chi connectivity index (χ1) is 22.9. The van der Waals surface area contributed by atoms with Crippen molar-refractivity contribution >= 4 is 63.6 Å². The Morgan fingerprint density at radius 1 is 0.936 bits per heavy atom. The summed E-state index contributed by atoms with van der Waals surface area (Å²) < 4.78 is 5.36. The van der Waals surface area contributed by atoms with Crippen LogP contribution in [-0.2, 0) is 27.2 Å². The van der Waals surface area contributed by atoms with Crippen molar-refractivity contribution in [1.82, 2.24) is 10.3 Å². The predicted molar refractivity (Wildman–Crippen MR) is 187 cm³/mol. The number of benzene rings is 2. The number of hydrogen-bond donors (Lipinski definition) is 3. The molecule has 1 aliphatic carbocycles. The Bertz CT molecular complexity index is 1760. The number of aryl methyl sites for hydroxylation is 1.